The van der Waals surface area contributed by atoms with Gasteiger partial charge in [0.15, 0.2) is 0 Å². The number of aromatic hydroxyl groups is 1. The lowest BCUT2D eigenvalue weighted by atomic mass is 9.81. The van der Waals surface area contributed by atoms with E-state index in [1.807, 2.05) is 26.8 Å². The van der Waals surface area contributed by atoms with Crippen LogP contribution in [0.1, 0.15) is 39.7 Å². The minimum Gasteiger partial charge on any atom is -0.508 e. The molecule has 2 unspecified atom stereocenters. The Kier molecular flexibility index (Phi) is 6.51. The fourth-order valence-corrected chi connectivity index (χ4v) is 3.28. The van der Waals surface area contributed by atoms with E-state index in [2.05, 4.69) is 0 Å². The fraction of sp³-hybridized carbons (Fsp3) is 0.600. The van der Waals surface area contributed by atoms with Crippen molar-refractivity contribution in [2.75, 3.05) is 19.7 Å². The van der Waals surface area contributed by atoms with E-state index in [-0.39, 0.29) is 29.6 Å². The predicted octanol–water partition coefficient (Wildman–Crippen LogP) is 3.37. The van der Waals surface area contributed by atoms with Crippen LogP contribution in [0.4, 0.5) is 4.79 Å². The molecule has 1 fully saturated rings. The first-order valence-electron chi connectivity index (χ1n) is 9.12. The quantitative estimate of drug-likeness (QED) is 0.830. The number of rotatable bonds is 4. The average molecular weight is 363 g/mol. The first-order valence-corrected chi connectivity index (χ1v) is 9.12. The molecule has 0 spiro atoms. The maximum Gasteiger partial charge on any atom is 0.410 e. The van der Waals surface area contributed by atoms with Crippen LogP contribution in [-0.2, 0) is 20.7 Å². The Morgan fingerprint density at radius 1 is 1.31 bits per heavy atom. The standard InChI is InChI=1S/C20H29NO5/c1-5-25-18(23)17-9-10-21(19(24)26-20(2,3)4)13-15(17)11-14-7-6-8-16(22)12-14/h6-8,12,15,17,22H,5,9-11,13H2,1-4H3. The van der Waals surface area contributed by atoms with E-state index in [1.54, 1.807) is 30.0 Å². The fourth-order valence-electron chi connectivity index (χ4n) is 3.28. The van der Waals surface area contributed by atoms with E-state index in [0.717, 1.165) is 5.56 Å². The molecular weight excluding hydrogens is 334 g/mol. The van der Waals surface area contributed by atoms with Gasteiger partial charge in [-0.2, -0.15) is 0 Å². The monoisotopic (exact) mass is 363 g/mol. The zero-order chi connectivity index (χ0) is 19.3. The van der Waals surface area contributed by atoms with Crippen molar-refractivity contribution in [2.24, 2.45) is 11.8 Å². The maximum atomic E-state index is 12.4. The molecule has 0 radical (unpaired) electrons. The van der Waals surface area contributed by atoms with E-state index in [1.165, 1.54) is 0 Å². The van der Waals surface area contributed by atoms with Crippen LogP contribution in [0.5, 0.6) is 5.75 Å². The Hall–Kier alpha value is -2.24. The Bertz CT molecular complexity index is 637. The van der Waals surface area contributed by atoms with E-state index in [0.29, 0.717) is 32.5 Å². The Labute approximate surface area is 155 Å². The van der Waals surface area contributed by atoms with E-state index >= 15 is 0 Å². The summed E-state index contributed by atoms with van der Waals surface area (Å²) in [5.74, 6) is -0.385. The number of esters is 1. The van der Waals surface area contributed by atoms with E-state index in [9.17, 15) is 14.7 Å². The van der Waals surface area contributed by atoms with E-state index < -0.39 is 5.60 Å². The van der Waals surface area contributed by atoms with Gasteiger partial charge in [-0.3, -0.25) is 4.79 Å². The normalized spacial score (nSPS) is 20.5. The van der Waals surface area contributed by atoms with Crippen LogP contribution < -0.4 is 0 Å². The zero-order valence-corrected chi connectivity index (χ0v) is 16.0. The molecule has 1 N–H and O–H groups in total. The van der Waals surface area contributed by atoms with Crippen molar-refractivity contribution in [3.05, 3.63) is 29.8 Å². The molecule has 0 aromatic heterocycles. The lowest BCUT2D eigenvalue weighted by molar-refractivity contribution is -0.152. The number of piperidine rings is 1. The summed E-state index contributed by atoms with van der Waals surface area (Å²) in [6.45, 7) is 8.52. The first kappa shape index (κ1) is 20.1. The maximum absolute atomic E-state index is 12.4. The number of nitrogens with zero attached hydrogens (tertiary/aromatic N) is 1. The smallest absolute Gasteiger partial charge is 0.410 e. The van der Waals surface area contributed by atoms with Crippen molar-refractivity contribution in [1.82, 2.24) is 4.90 Å². The zero-order valence-electron chi connectivity index (χ0n) is 16.0. The number of phenols is 1. The van der Waals surface area contributed by atoms with Gasteiger partial charge in [0.25, 0.3) is 0 Å². The number of benzene rings is 1. The summed E-state index contributed by atoms with van der Waals surface area (Å²) in [4.78, 5) is 26.4. The van der Waals surface area contributed by atoms with Gasteiger partial charge in [0.05, 0.1) is 12.5 Å². The minimum absolute atomic E-state index is 0.0860. The van der Waals surface area contributed by atoms with Crippen LogP contribution in [-0.4, -0.2) is 47.4 Å². The number of ether oxygens (including phenoxy) is 2. The Balaban J connectivity index is 2.14. The summed E-state index contributed by atoms with van der Waals surface area (Å²) < 4.78 is 10.7. The van der Waals surface area contributed by atoms with Gasteiger partial charge >= 0.3 is 12.1 Å². The molecule has 2 atom stereocenters. The molecule has 1 aromatic rings. The van der Waals surface area contributed by atoms with Gasteiger partial charge in [-0.05, 0) is 64.2 Å². The molecule has 144 valence electrons. The Morgan fingerprint density at radius 2 is 2.04 bits per heavy atom. The lowest BCUT2D eigenvalue weighted by Crippen LogP contribution is -2.48. The van der Waals surface area contributed by atoms with Crippen LogP contribution >= 0.6 is 0 Å². The summed E-state index contributed by atoms with van der Waals surface area (Å²) in [7, 11) is 0. The Morgan fingerprint density at radius 3 is 2.65 bits per heavy atom. The molecule has 1 aromatic carbocycles. The SMILES string of the molecule is CCOC(=O)C1CCN(C(=O)OC(C)(C)C)CC1Cc1cccc(O)c1. The highest BCUT2D eigenvalue weighted by Gasteiger charge is 2.38. The highest BCUT2D eigenvalue weighted by Crippen LogP contribution is 2.30. The minimum atomic E-state index is -0.560. The van der Waals surface area contributed by atoms with Gasteiger partial charge in [-0.1, -0.05) is 12.1 Å². The molecule has 0 bridgehead atoms. The lowest BCUT2D eigenvalue weighted by Gasteiger charge is -2.38. The van der Waals surface area contributed by atoms with Gasteiger partial charge in [0.1, 0.15) is 11.4 Å². The average Bonchev–Trinajstić information content (AvgIpc) is 2.53. The van der Waals surface area contributed by atoms with Crippen molar-refractivity contribution in [3.8, 4) is 5.75 Å². The van der Waals surface area contributed by atoms with Gasteiger partial charge < -0.3 is 19.5 Å². The van der Waals surface area contributed by atoms with Crippen molar-refractivity contribution < 1.29 is 24.2 Å². The number of hydrogen-bond acceptors (Lipinski definition) is 5. The predicted molar refractivity (Wildman–Crippen MR) is 97.8 cm³/mol. The van der Waals surface area contributed by atoms with Crippen molar-refractivity contribution in [2.45, 2.75) is 46.1 Å². The molecule has 1 amide bonds. The number of carbonyl (C=O) groups is 2. The summed E-state index contributed by atoms with van der Waals surface area (Å²) in [5.41, 5.74) is 0.367. The topological polar surface area (TPSA) is 76.1 Å². The number of phenolic OH excluding ortho intramolecular Hbond substituents is 1. The van der Waals surface area contributed by atoms with Crippen molar-refractivity contribution in [1.29, 1.82) is 0 Å². The number of likely N-dealkylation sites (tertiary alicyclic amines) is 1. The van der Waals surface area contributed by atoms with Crippen LogP contribution in [0, 0.1) is 11.8 Å². The summed E-state index contributed by atoms with van der Waals surface area (Å²) >= 11 is 0. The second kappa shape index (κ2) is 8.43. The molecule has 6 nitrogen and oxygen atoms in total. The van der Waals surface area contributed by atoms with Gasteiger partial charge in [0.2, 0.25) is 0 Å². The molecule has 2 rings (SSSR count). The second-order valence-corrected chi connectivity index (χ2v) is 7.71. The van der Waals surface area contributed by atoms with Crippen LogP contribution in [0.3, 0.4) is 0 Å². The summed E-state index contributed by atoms with van der Waals surface area (Å²) in [5, 5.41) is 9.69. The number of carbonyl (C=O) groups excluding carboxylic acids is 2. The molecule has 26 heavy (non-hydrogen) atoms. The molecule has 1 saturated heterocycles. The molecule has 6 heteroatoms. The van der Waals surface area contributed by atoms with Crippen LogP contribution in [0.25, 0.3) is 0 Å². The molecule has 0 saturated carbocycles. The summed E-state index contributed by atoms with van der Waals surface area (Å²) in [6, 6.07) is 6.99. The number of amides is 1. The largest absolute Gasteiger partial charge is 0.508 e. The van der Waals surface area contributed by atoms with Crippen LogP contribution in [0.2, 0.25) is 0 Å². The van der Waals surface area contributed by atoms with Crippen molar-refractivity contribution in [3.63, 3.8) is 0 Å². The highest BCUT2D eigenvalue weighted by molar-refractivity contribution is 5.74. The van der Waals surface area contributed by atoms with Crippen molar-refractivity contribution >= 4 is 12.1 Å². The van der Waals surface area contributed by atoms with E-state index in [4.69, 9.17) is 9.47 Å². The molecule has 1 aliphatic heterocycles. The number of hydrogen-bond donors (Lipinski definition) is 1. The first-order chi connectivity index (χ1) is 12.2. The third-order valence-electron chi connectivity index (χ3n) is 4.38. The van der Waals surface area contributed by atoms with Gasteiger partial charge in [-0.15, -0.1) is 0 Å². The third kappa shape index (κ3) is 5.64. The van der Waals surface area contributed by atoms with Gasteiger partial charge in [-0.25, -0.2) is 4.79 Å². The molecular formula is C20H29NO5. The molecule has 0 aliphatic carbocycles. The highest BCUT2D eigenvalue weighted by atomic mass is 16.6. The summed E-state index contributed by atoms with van der Waals surface area (Å²) in [6.07, 6.45) is 0.763. The van der Waals surface area contributed by atoms with Crippen LogP contribution in [0.15, 0.2) is 24.3 Å². The second-order valence-electron chi connectivity index (χ2n) is 7.71. The molecule has 1 heterocycles. The molecule has 1 aliphatic rings. The van der Waals surface area contributed by atoms with Gasteiger partial charge in [0, 0.05) is 13.1 Å². The third-order valence-corrected chi connectivity index (χ3v) is 4.38.